The van der Waals surface area contributed by atoms with Crippen LogP contribution in [-0.2, 0) is 9.84 Å². The largest absolute Gasteiger partial charge is 0.249 e. The Morgan fingerprint density at radius 3 is 2.54 bits per heavy atom. The summed E-state index contributed by atoms with van der Waals surface area (Å²) < 4.78 is 22.1. The van der Waals surface area contributed by atoms with Gasteiger partial charge < -0.3 is 0 Å². The molecule has 0 atom stereocenters. The smallest absolute Gasteiger partial charge is 0.221 e. The van der Waals surface area contributed by atoms with Crippen LogP contribution in [0, 0.1) is 0 Å². The summed E-state index contributed by atoms with van der Waals surface area (Å²) in [5.41, 5.74) is 0. The number of halogens is 1. The predicted molar refractivity (Wildman–Crippen MR) is 51.9 cm³/mol. The average Bonchev–Trinajstić information content (AvgIpc) is 2.01. The maximum absolute atomic E-state index is 11.1. The molecule has 0 aliphatic rings. The SMILES string of the molecule is CSc1cc(Cl)nc(S(C)(=O)=O)n1. The van der Waals surface area contributed by atoms with E-state index in [1.807, 2.05) is 0 Å². The fraction of sp³-hybridized carbons (Fsp3) is 0.333. The molecular formula is C6H7ClN2O2S2. The van der Waals surface area contributed by atoms with Crippen molar-refractivity contribution in [1.82, 2.24) is 9.97 Å². The van der Waals surface area contributed by atoms with Crippen LogP contribution in [0.5, 0.6) is 0 Å². The van der Waals surface area contributed by atoms with E-state index in [0.29, 0.717) is 5.03 Å². The van der Waals surface area contributed by atoms with Crippen molar-refractivity contribution in [2.24, 2.45) is 0 Å². The third kappa shape index (κ3) is 2.82. The molecule has 0 aromatic carbocycles. The molecule has 0 bridgehead atoms. The predicted octanol–water partition coefficient (Wildman–Crippen LogP) is 1.26. The molecule has 0 aliphatic heterocycles. The molecule has 1 aromatic rings. The quantitative estimate of drug-likeness (QED) is 0.441. The van der Waals surface area contributed by atoms with Gasteiger partial charge in [-0.15, -0.1) is 11.8 Å². The van der Waals surface area contributed by atoms with Crippen LogP contribution in [0.25, 0.3) is 0 Å². The zero-order valence-corrected chi connectivity index (χ0v) is 9.37. The minimum Gasteiger partial charge on any atom is -0.221 e. The highest BCUT2D eigenvalue weighted by molar-refractivity contribution is 7.98. The van der Waals surface area contributed by atoms with Gasteiger partial charge in [0.2, 0.25) is 15.0 Å². The van der Waals surface area contributed by atoms with Gasteiger partial charge in [0.25, 0.3) is 0 Å². The van der Waals surface area contributed by atoms with Crippen LogP contribution >= 0.6 is 23.4 Å². The van der Waals surface area contributed by atoms with Crippen molar-refractivity contribution in [1.29, 1.82) is 0 Å². The lowest BCUT2D eigenvalue weighted by Gasteiger charge is -1.99. The molecule has 1 rings (SSSR count). The fourth-order valence-electron chi connectivity index (χ4n) is 0.647. The van der Waals surface area contributed by atoms with Crippen LogP contribution < -0.4 is 0 Å². The van der Waals surface area contributed by atoms with Gasteiger partial charge in [-0.2, -0.15) is 0 Å². The number of aromatic nitrogens is 2. The molecule has 0 unspecified atom stereocenters. The van der Waals surface area contributed by atoms with Crippen molar-refractivity contribution in [3.63, 3.8) is 0 Å². The van der Waals surface area contributed by atoms with Gasteiger partial charge in [0, 0.05) is 12.3 Å². The minimum absolute atomic E-state index is 0.139. The van der Waals surface area contributed by atoms with Crippen molar-refractivity contribution < 1.29 is 8.42 Å². The monoisotopic (exact) mass is 238 g/mol. The Morgan fingerprint density at radius 2 is 2.08 bits per heavy atom. The number of rotatable bonds is 2. The van der Waals surface area contributed by atoms with E-state index in [2.05, 4.69) is 9.97 Å². The Hall–Kier alpha value is -0.330. The summed E-state index contributed by atoms with van der Waals surface area (Å²) in [4.78, 5) is 7.41. The van der Waals surface area contributed by atoms with Gasteiger partial charge in [0.05, 0.1) is 0 Å². The number of sulfone groups is 1. The summed E-state index contributed by atoms with van der Waals surface area (Å²) in [6.07, 6.45) is 2.83. The summed E-state index contributed by atoms with van der Waals surface area (Å²) in [5, 5.41) is 0.449. The van der Waals surface area contributed by atoms with E-state index in [9.17, 15) is 8.42 Å². The zero-order valence-electron chi connectivity index (χ0n) is 6.98. The molecule has 72 valence electrons. The lowest BCUT2D eigenvalue weighted by Crippen LogP contribution is -2.04. The Kier molecular flexibility index (Phi) is 3.15. The third-order valence-corrected chi connectivity index (χ3v) is 2.86. The summed E-state index contributed by atoms with van der Waals surface area (Å²) in [6.45, 7) is 0. The highest BCUT2D eigenvalue weighted by Crippen LogP contribution is 2.17. The van der Waals surface area contributed by atoms with Gasteiger partial charge >= 0.3 is 0 Å². The molecule has 0 fully saturated rings. The molecule has 7 heteroatoms. The highest BCUT2D eigenvalue weighted by atomic mass is 35.5. The molecule has 0 N–H and O–H groups in total. The minimum atomic E-state index is -3.38. The molecule has 4 nitrogen and oxygen atoms in total. The van der Waals surface area contributed by atoms with E-state index in [0.717, 1.165) is 6.26 Å². The van der Waals surface area contributed by atoms with Crippen molar-refractivity contribution in [3.8, 4) is 0 Å². The molecular weight excluding hydrogens is 232 g/mol. The second kappa shape index (κ2) is 3.81. The van der Waals surface area contributed by atoms with Crippen LogP contribution in [0.15, 0.2) is 16.2 Å². The van der Waals surface area contributed by atoms with Gasteiger partial charge in [0.15, 0.2) is 0 Å². The maximum atomic E-state index is 11.1. The van der Waals surface area contributed by atoms with E-state index in [1.54, 1.807) is 6.26 Å². The van der Waals surface area contributed by atoms with Crippen LogP contribution in [0.2, 0.25) is 5.15 Å². The van der Waals surface area contributed by atoms with E-state index in [-0.39, 0.29) is 10.3 Å². The summed E-state index contributed by atoms with van der Waals surface area (Å²) in [7, 11) is -3.38. The third-order valence-electron chi connectivity index (χ3n) is 1.19. The zero-order chi connectivity index (χ0) is 10.1. The Bertz CT molecular complexity index is 419. The van der Waals surface area contributed by atoms with Crippen LogP contribution in [0.1, 0.15) is 0 Å². The number of hydrogen-bond donors (Lipinski definition) is 0. The fourth-order valence-corrected chi connectivity index (χ4v) is 1.94. The van der Waals surface area contributed by atoms with Gasteiger partial charge in [-0.1, -0.05) is 11.6 Å². The Labute approximate surface area is 85.7 Å². The van der Waals surface area contributed by atoms with Gasteiger partial charge in [-0.05, 0) is 6.26 Å². The molecule has 0 saturated heterocycles. The summed E-state index contributed by atoms with van der Waals surface area (Å²) in [5.74, 6) is 0. The second-order valence-corrected chi connectivity index (χ2v) is 5.41. The van der Waals surface area contributed by atoms with Crippen LogP contribution in [-0.4, -0.2) is 30.9 Å². The molecule has 0 spiro atoms. The molecule has 13 heavy (non-hydrogen) atoms. The number of hydrogen-bond acceptors (Lipinski definition) is 5. The van der Waals surface area contributed by atoms with Crippen molar-refractivity contribution in [3.05, 3.63) is 11.2 Å². The van der Waals surface area contributed by atoms with E-state index < -0.39 is 9.84 Å². The first-order valence-corrected chi connectivity index (χ1v) is 6.71. The molecule has 0 aliphatic carbocycles. The van der Waals surface area contributed by atoms with E-state index in [4.69, 9.17) is 11.6 Å². The lowest BCUT2D eigenvalue weighted by molar-refractivity contribution is 0.591. The Balaban J connectivity index is 3.33. The van der Waals surface area contributed by atoms with Crippen LogP contribution in [0.4, 0.5) is 0 Å². The Morgan fingerprint density at radius 1 is 1.46 bits per heavy atom. The summed E-state index contributed by atoms with van der Waals surface area (Å²) in [6, 6.07) is 1.51. The average molecular weight is 239 g/mol. The highest BCUT2D eigenvalue weighted by Gasteiger charge is 2.12. The van der Waals surface area contributed by atoms with Gasteiger partial charge in [-0.3, -0.25) is 0 Å². The molecule has 0 amide bonds. The molecule has 0 saturated carbocycles. The van der Waals surface area contributed by atoms with Crippen molar-refractivity contribution in [2.45, 2.75) is 10.2 Å². The molecule has 0 radical (unpaired) electrons. The molecule has 1 heterocycles. The van der Waals surface area contributed by atoms with Crippen molar-refractivity contribution in [2.75, 3.05) is 12.5 Å². The first kappa shape index (κ1) is 10.7. The standard InChI is InChI=1S/C6H7ClN2O2S2/c1-12-5-3-4(7)8-6(9-5)13(2,10)11/h3H,1-2H3. The van der Waals surface area contributed by atoms with E-state index in [1.165, 1.54) is 17.8 Å². The lowest BCUT2D eigenvalue weighted by atomic mass is 10.7. The first-order valence-electron chi connectivity index (χ1n) is 3.22. The summed E-state index contributed by atoms with van der Waals surface area (Å²) >= 11 is 6.92. The number of nitrogens with zero attached hydrogens (tertiary/aromatic N) is 2. The van der Waals surface area contributed by atoms with Crippen LogP contribution in [0.3, 0.4) is 0 Å². The van der Waals surface area contributed by atoms with Gasteiger partial charge in [0.1, 0.15) is 10.2 Å². The number of thioether (sulfide) groups is 1. The maximum Gasteiger partial charge on any atom is 0.249 e. The topological polar surface area (TPSA) is 59.9 Å². The van der Waals surface area contributed by atoms with E-state index >= 15 is 0 Å². The second-order valence-electron chi connectivity index (χ2n) is 2.29. The molecule has 1 aromatic heterocycles. The van der Waals surface area contributed by atoms with Crippen molar-refractivity contribution >= 4 is 33.2 Å². The normalized spacial score (nSPS) is 11.6. The first-order chi connectivity index (χ1) is 5.93. The van der Waals surface area contributed by atoms with Gasteiger partial charge in [-0.25, -0.2) is 18.4 Å².